The highest BCUT2D eigenvalue weighted by atomic mass is 16.3. The van der Waals surface area contributed by atoms with Crippen molar-refractivity contribution in [2.45, 2.75) is 51.9 Å². The fourth-order valence-electron chi connectivity index (χ4n) is 2.72. The molecule has 102 valence electrons. The largest absolute Gasteiger partial charge is 0.507 e. The van der Waals surface area contributed by atoms with E-state index in [-0.39, 0.29) is 17.4 Å². The molecule has 1 aliphatic carbocycles. The van der Waals surface area contributed by atoms with Crippen molar-refractivity contribution in [1.82, 2.24) is 0 Å². The number of phenolic OH excluding ortho intramolecular Hbond substituents is 2. The number of hydrogen-bond donors (Lipinski definition) is 2. The van der Waals surface area contributed by atoms with Gasteiger partial charge < -0.3 is 10.2 Å². The van der Waals surface area contributed by atoms with Crippen LogP contribution in [0.3, 0.4) is 0 Å². The first-order valence-electron chi connectivity index (χ1n) is 7.15. The smallest absolute Gasteiger partial charge is 0.123 e. The van der Waals surface area contributed by atoms with Crippen molar-refractivity contribution >= 4 is 0 Å². The minimum absolute atomic E-state index is 0.0975. The van der Waals surface area contributed by atoms with Gasteiger partial charge in [0.05, 0.1) is 0 Å². The lowest BCUT2D eigenvalue weighted by Crippen LogP contribution is -2.03. The molecule has 0 amide bonds. The number of rotatable bonds is 1. The fourth-order valence-corrected chi connectivity index (χ4v) is 2.72. The molecule has 19 heavy (non-hydrogen) atoms. The zero-order chi connectivity index (χ0) is 13.8. The summed E-state index contributed by atoms with van der Waals surface area (Å²) in [4.78, 5) is 0. The molecule has 1 aliphatic rings. The van der Waals surface area contributed by atoms with Crippen LogP contribution in [0.15, 0.2) is 12.1 Å². The van der Waals surface area contributed by atoms with Crippen LogP contribution < -0.4 is 0 Å². The van der Waals surface area contributed by atoms with Crippen LogP contribution in [0.5, 0.6) is 11.5 Å². The second-order valence-electron chi connectivity index (χ2n) is 5.69. The van der Waals surface area contributed by atoms with Crippen LogP contribution in [0, 0.1) is 17.8 Å². The van der Waals surface area contributed by atoms with Crippen LogP contribution in [-0.2, 0) is 0 Å². The molecule has 0 heterocycles. The van der Waals surface area contributed by atoms with Gasteiger partial charge in [0.15, 0.2) is 0 Å². The van der Waals surface area contributed by atoms with E-state index in [1.54, 1.807) is 12.1 Å². The summed E-state index contributed by atoms with van der Waals surface area (Å²) < 4.78 is 0. The summed E-state index contributed by atoms with van der Waals surface area (Å²) in [7, 11) is 0. The molecule has 2 nitrogen and oxygen atoms in total. The van der Waals surface area contributed by atoms with Crippen LogP contribution in [0.4, 0.5) is 0 Å². The van der Waals surface area contributed by atoms with E-state index in [2.05, 4.69) is 11.8 Å². The Balaban J connectivity index is 2.20. The molecular formula is C17H22O2. The molecule has 0 bridgehead atoms. The molecule has 0 atom stereocenters. The highest BCUT2D eigenvalue weighted by Crippen LogP contribution is 2.34. The average Bonchev–Trinajstić information content (AvgIpc) is 2.36. The van der Waals surface area contributed by atoms with Gasteiger partial charge in [0.2, 0.25) is 0 Å². The first kappa shape index (κ1) is 13.8. The van der Waals surface area contributed by atoms with E-state index in [0.29, 0.717) is 17.0 Å². The summed E-state index contributed by atoms with van der Waals surface area (Å²) >= 11 is 0. The normalized spacial score (nSPS) is 16.2. The minimum Gasteiger partial charge on any atom is -0.507 e. The average molecular weight is 258 g/mol. The van der Waals surface area contributed by atoms with Gasteiger partial charge in [-0.25, -0.2) is 0 Å². The number of phenols is 2. The van der Waals surface area contributed by atoms with Gasteiger partial charge in [-0.05, 0) is 30.9 Å². The van der Waals surface area contributed by atoms with Crippen molar-refractivity contribution in [2.24, 2.45) is 5.92 Å². The first-order valence-corrected chi connectivity index (χ1v) is 7.15. The highest BCUT2D eigenvalue weighted by molar-refractivity contribution is 5.52. The molecule has 0 saturated heterocycles. The summed E-state index contributed by atoms with van der Waals surface area (Å²) in [5.41, 5.74) is 1.30. The maximum absolute atomic E-state index is 9.95. The summed E-state index contributed by atoms with van der Waals surface area (Å²) in [5, 5.41) is 19.9. The molecule has 0 spiro atoms. The van der Waals surface area contributed by atoms with Crippen molar-refractivity contribution in [3.63, 3.8) is 0 Å². The topological polar surface area (TPSA) is 40.5 Å². The molecule has 0 aliphatic heterocycles. The molecule has 2 heteroatoms. The Morgan fingerprint density at radius 2 is 1.63 bits per heavy atom. The van der Waals surface area contributed by atoms with Crippen molar-refractivity contribution < 1.29 is 10.2 Å². The Bertz CT molecular complexity index is 477. The van der Waals surface area contributed by atoms with Crippen LogP contribution in [0.25, 0.3) is 0 Å². The Labute approximate surface area is 115 Å². The first-order chi connectivity index (χ1) is 9.08. The van der Waals surface area contributed by atoms with Gasteiger partial charge in [0.25, 0.3) is 0 Å². The Morgan fingerprint density at radius 1 is 1.05 bits per heavy atom. The molecule has 0 unspecified atom stereocenters. The standard InChI is InChI=1S/C17H22O2/c1-12(2)17-15(18)10-14(11-16(17)19)9-8-13-6-4-3-5-7-13/h10-13,18-19H,3-7H2,1-2H3. The zero-order valence-electron chi connectivity index (χ0n) is 11.7. The molecule has 2 rings (SSSR count). The lowest BCUT2D eigenvalue weighted by Gasteiger charge is -2.15. The minimum atomic E-state index is 0.0975. The van der Waals surface area contributed by atoms with E-state index in [4.69, 9.17) is 0 Å². The Hall–Kier alpha value is -1.62. The molecular weight excluding hydrogens is 236 g/mol. The van der Waals surface area contributed by atoms with Gasteiger partial charge in [-0.2, -0.15) is 0 Å². The summed E-state index contributed by atoms with van der Waals surface area (Å²) in [6, 6.07) is 3.32. The lowest BCUT2D eigenvalue weighted by molar-refractivity contribution is 0.430. The van der Waals surface area contributed by atoms with E-state index in [0.717, 1.165) is 0 Å². The Kier molecular flexibility index (Phi) is 4.37. The second kappa shape index (κ2) is 6.02. The maximum atomic E-state index is 9.95. The number of aromatic hydroxyl groups is 2. The number of hydrogen-bond acceptors (Lipinski definition) is 2. The van der Waals surface area contributed by atoms with Crippen molar-refractivity contribution in [1.29, 1.82) is 0 Å². The fraction of sp³-hybridized carbons (Fsp3) is 0.529. The molecule has 0 radical (unpaired) electrons. The van der Waals surface area contributed by atoms with Gasteiger partial charge in [-0.3, -0.25) is 0 Å². The lowest BCUT2D eigenvalue weighted by atomic mass is 9.89. The van der Waals surface area contributed by atoms with Gasteiger partial charge in [-0.15, -0.1) is 0 Å². The quantitative estimate of drug-likeness (QED) is 0.743. The van der Waals surface area contributed by atoms with E-state index >= 15 is 0 Å². The van der Waals surface area contributed by atoms with E-state index in [1.807, 2.05) is 13.8 Å². The third-order valence-electron chi connectivity index (χ3n) is 3.74. The summed E-state index contributed by atoms with van der Waals surface area (Å²) in [6.07, 6.45) is 6.21. The summed E-state index contributed by atoms with van der Waals surface area (Å²) in [6.45, 7) is 3.89. The van der Waals surface area contributed by atoms with Crippen molar-refractivity contribution in [2.75, 3.05) is 0 Å². The van der Waals surface area contributed by atoms with Crippen LogP contribution in [0.2, 0.25) is 0 Å². The van der Waals surface area contributed by atoms with Crippen molar-refractivity contribution in [3.05, 3.63) is 23.3 Å². The van der Waals surface area contributed by atoms with Gasteiger partial charge >= 0.3 is 0 Å². The predicted octanol–water partition coefficient (Wildman–Crippen LogP) is 4.15. The van der Waals surface area contributed by atoms with Gasteiger partial charge in [0.1, 0.15) is 11.5 Å². The number of benzene rings is 1. The zero-order valence-corrected chi connectivity index (χ0v) is 11.7. The molecule has 1 aromatic carbocycles. The summed E-state index contributed by atoms with van der Waals surface area (Å²) in [5.74, 6) is 7.22. The molecule has 0 aromatic heterocycles. The monoisotopic (exact) mass is 258 g/mol. The predicted molar refractivity (Wildman–Crippen MR) is 77.3 cm³/mol. The highest BCUT2D eigenvalue weighted by Gasteiger charge is 2.13. The molecule has 1 fully saturated rings. The van der Waals surface area contributed by atoms with E-state index in [1.165, 1.54) is 32.1 Å². The molecule has 2 N–H and O–H groups in total. The SMILES string of the molecule is CC(C)c1c(O)cc(C#CC2CCCCC2)cc1O. The van der Waals surface area contributed by atoms with Crippen molar-refractivity contribution in [3.8, 4) is 23.3 Å². The molecule has 1 saturated carbocycles. The third kappa shape index (κ3) is 3.44. The molecule has 1 aromatic rings. The van der Waals surface area contributed by atoms with Gasteiger partial charge in [0, 0.05) is 17.0 Å². The maximum Gasteiger partial charge on any atom is 0.123 e. The van der Waals surface area contributed by atoms with E-state index < -0.39 is 0 Å². The second-order valence-corrected chi connectivity index (χ2v) is 5.69. The Morgan fingerprint density at radius 3 is 2.16 bits per heavy atom. The van der Waals surface area contributed by atoms with Crippen LogP contribution in [0.1, 0.15) is 63.0 Å². The third-order valence-corrected chi connectivity index (χ3v) is 3.74. The van der Waals surface area contributed by atoms with Crippen LogP contribution in [-0.4, -0.2) is 10.2 Å². The van der Waals surface area contributed by atoms with Crippen LogP contribution >= 0.6 is 0 Å². The van der Waals surface area contributed by atoms with Gasteiger partial charge in [-0.1, -0.05) is 45.0 Å². The van der Waals surface area contributed by atoms with E-state index in [9.17, 15) is 10.2 Å².